The van der Waals surface area contributed by atoms with Crippen LogP contribution in [0.4, 0.5) is 10.1 Å². The van der Waals surface area contributed by atoms with E-state index in [1.165, 1.54) is 35.8 Å². The summed E-state index contributed by atoms with van der Waals surface area (Å²) in [5.74, 6) is -1.29. The molecule has 2 aromatic carbocycles. The number of para-hydroxylation sites is 1. The van der Waals surface area contributed by atoms with Crippen molar-refractivity contribution in [2.24, 2.45) is 5.92 Å². The molecule has 0 radical (unpaired) electrons. The largest absolute Gasteiger partial charge is 0.352 e. The van der Waals surface area contributed by atoms with Gasteiger partial charge in [-0.15, -0.1) is 0 Å². The zero-order valence-corrected chi connectivity index (χ0v) is 17.1. The number of halogens is 1. The average Bonchev–Trinajstić information content (AvgIpc) is 3.15. The Labute approximate surface area is 176 Å². The van der Waals surface area contributed by atoms with Crippen LogP contribution in [0.15, 0.2) is 48.5 Å². The van der Waals surface area contributed by atoms with Crippen molar-refractivity contribution < 1.29 is 14.0 Å². The van der Waals surface area contributed by atoms with Crippen LogP contribution in [0, 0.1) is 11.7 Å². The van der Waals surface area contributed by atoms with Crippen LogP contribution in [0.25, 0.3) is 0 Å². The molecule has 1 N–H and O–H groups in total. The average molecular weight is 410 g/mol. The summed E-state index contributed by atoms with van der Waals surface area (Å²) in [7, 11) is 0. The number of nitrogens with one attached hydrogen (secondary N) is 1. The van der Waals surface area contributed by atoms with E-state index in [0.29, 0.717) is 6.54 Å². The number of piperidine rings is 1. The molecule has 5 nitrogen and oxygen atoms in total. The first-order chi connectivity index (χ1) is 14.6. The van der Waals surface area contributed by atoms with Crippen molar-refractivity contribution in [3.63, 3.8) is 0 Å². The van der Waals surface area contributed by atoms with Gasteiger partial charge >= 0.3 is 0 Å². The molecule has 4 rings (SSSR count). The summed E-state index contributed by atoms with van der Waals surface area (Å²) < 4.78 is 14.1. The minimum Gasteiger partial charge on any atom is -0.352 e. The number of rotatable bonds is 6. The fourth-order valence-electron chi connectivity index (χ4n) is 4.36. The molecule has 30 heavy (non-hydrogen) atoms. The molecule has 2 aliphatic heterocycles. The number of likely N-dealkylation sites (tertiary alicyclic amines) is 1. The quantitative estimate of drug-likeness (QED) is 0.795. The first kappa shape index (κ1) is 20.5. The molecule has 2 saturated heterocycles. The Hall–Kier alpha value is -2.73. The second-order valence-corrected chi connectivity index (χ2v) is 8.18. The summed E-state index contributed by atoms with van der Waals surface area (Å²) in [6, 6.07) is 14.4. The normalized spacial score (nSPS) is 19.8. The van der Waals surface area contributed by atoms with Gasteiger partial charge < -0.3 is 10.2 Å². The van der Waals surface area contributed by atoms with Gasteiger partial charge in [-0.1, -0.05) is 42.8 Å². The van der Waals surface area contributed by atoms with E-state index in [2.05, 4.69) is 16.3 Å². The van der Waals surface area contributed by atoms with E-state index in [4.69, 9.17) is 0 Å². The highest BCUT2D eigenvalue weighted by atomic mass is 19.1. The first-order valence-electron chi connectivity index (χ1n) is 10.7. The van der Waals surface area contributed by atoms with Gasteiger partial charge in [0.25, 0.3) is 0 Å². The van der Waals surface area contributed by atoms with Crippen molar-refractivity contribution in [3.8, 4) is 0 Å². The van der Waals surface area contributed by atoms with Crippen LogP contribution in [0.2, 0.25) is 0 Å². The summed E-state index contributed by atoms with van der Waals surface area (Å²) in [6.45, 7) is 3.79. The van der Waals surface area contributed by atoms with E-state index in [1.54, 1.807) is 18.2 Å². The number of amides is 2. The van der Waals surface area contributed by atoms with Gasteiger partial charge in [-0.25, -0.2) is 4.39 Å². The highest BCUT2D eigenvalue weighted by Gasteiger charge is 2.36. The summed E-state index contributed by atoms with van der Waals surface area (Å²) >= 11 is 0. The molecule has 0 bridgehead atoms. The lowest BCUT2D eigenvalue weighted by Gasteiger charge is -2.27. The van der Waals surface area contributed by atoms with Crippen LogP contribution >= 0.6 is 0 Å². The molecule has 2 fully saturated rings. The third-order valence-electron chi connectivity index (χ3n) is 6.05. The van der Waals surface area contributed by atoms with Gasteiger partial charge in [-0.2, -0.15) is 0 Å². The topological polar surface area (TPSA) is 52.7 Å². The maximum Gasteiger partial charge on any atom is 0.227 e. The highest BCUT2D eigenvalue weighted by molar-refractivity contribution is 6.00. The zero-order chi connectivity index (χ0) is 20.9. The van der Waals surface area contributed by atoms with E-state index in [-0.39, 0.29) is 30.5 Å². The number of benzene rings is 2. The summed E-state index contributed by atoms with van der Waals surface area (Å²) in [6.07, 6.45) is 3.90. The van der Waals surface area contributed by atoms with Gasteiger partial charge in [-0.3, -0.25) is 14.5 Å². The third-order valence-corrected chi connectivity index (χ3v) is 6.05. The van der Waals surface area contributed by atoms with Gasteiger partial charge in [0.2, 0.25) is 11.8 Å². The van der Waals surface area contributed by atoms with Crippen LogP contribution < -0.4 is 10.2 Å². The zero-order valence-electron chi connectivity index (χ0n) is 17.1. The van der Waals surface area contributed by atoms with Crippen molar-refractivity contribution in [3.05, 3.63) is 65.5 Å². The number of hydrogen-bond acceptors (Lipinski definition) is 3. The molecular weight excluding hydrogens is 381 g/mol. The maximum absolute atomic E-state index is 14.1. The Morgan fingerprint density at radius 3 is 2.47 bits per heavy atom. The van der Waals surface area contributed by atoms with E-state index in [1.807, 2.05) is 18.2 Å². The molecule has 158 valence electrons. The van der Waals surface area contributed by atoms with E-state index in [9.17, 15) is 14.0 Å². The van der Waals surface area contributed by atoms with Crippen molar-refractivity contribution in [1.82, 2.24) is 10.2 Å². The fourth-order valence-corrected chi connectivity index (χ4v) is 4.36. The molecule has 2 aromatic rings. The second kappa shape index (κ2) is 9.39. The molecule has 1 unspecified atom stereocenters. The summed E-state index contributed by atoms with van der Waals surface area (Å²) in [5, 5.41) is 3.00. The number of anilines is 1. The Kier molecular flexibility index (Phi) is 6.43. The minimum absolute atomic E-state index is 0.107. The van der Waals surface area contributed by atoms with E-state index >= 15 is 0 Å². The predicted octanol–water partition coefficient (Wildman–Crippen LogP) is 3.48. The monoisotopic (exact) mass is 409 g/mol. The van der Waals surface area contributed by atoms with Crippen molar-refractivity contribution >= 4 is 17.5 Å². The number of carbonyl (C=O) groups excluding carboxylic acids is 2. The maximum atomic E-state index is 14.1. The molecule has 2 amide bonds. The Balaban J connectivity index is 1.36. The molecule has 0 aliphatic carbocycles. The molecule has 0 saturated carbocycles. The standard InChI is InChI=1S/C24H28FN3O2/c25-21-10-4-5-11-22(21)28-17-20(14-23(28)29)24(30)26-15-18-8-2-3-9-19(18)16-27-12-6-1-7-13-27/h2-5,8-11,20H,1,6-7,12-17H2,(H,26,30). The summed E-state index contributed by atoms with van der Waals surface area (Å²) in [4.78, 5) is 28.9. The smallest absolute Gasteiger partial charge is 0.227 e. The second-order valence-electron chi connectivity index (χ2n) is 8.18. The Morgan fingerprint density at radius 2 is 1.70 bits per heavy atom. The molecule has 1 atom stereocenters. The molecule has 2 heterocycles. The molecule has 2 aliphatic rings. The van der Waals surface area contributed by atoms with Gasteiger partial charge in [-0.05, 0) is 49.2 Å². The van der Waals surface area contributed by atoms with Crippen LogP contribution in [0.1, 0.15) is 36.8 Å². The highest BCUT2D eigenvalue weighted by Crippen LogP contribution is 2.27. The van der Waals surface area contributed by atoms with Gasteiger partial charge in [0.15, 0.2) is 0 Å². The van der Waals surface area contributed by atoms with Crippen molar-refractivity contribution in [1.29, 1.82) is 0 Å². The van der Waals surface area contributed by atoms with Crippen LogP contribution in [-0.4, -0.2) is 36.3 Å². The molecule has 0 aromatic heterocycles. The number of carbonyl (C=O) groups is 2. The lowest BCUT2D eigenvalue weighted by molar-refractivity contribution is -0.126. The van der Waals surface area contributed by atoms with Crippen LogP contribution in [0.5, 0.6) is 0 Å². The van der Waals surface area contributed by atoms with Gasteiger partial charge in [0.1, 0.15) is 5.82 Å². The lowest BCUT2D eigenvalue weighted by Crippen LogP contribution is -2.33. The van der Waals surface area contributed by atoms with Crippen LogP contribution in [0.3, 0.4) is 0 Å². The van der Waals surface area contributed by atoms with Gasteiger partial charge in [0.05, 0.1) is 11.6 Å². The lowest BCUT2D eigenvalue weighted by atomic mass is 10.0. The predicted molar refractivity (Wildman–Crippen MR) is 114 cm³/mol. The molecular formula is C24H28FN3O2. The summed E-state index contributed by atoms with van der Waals surface area (Å²) in [5.41, 5.74) is 2.58. The number of hydrogen-bond donors (Lipinski definition) is 1. The third kappa shape index (κ3) is 4.70. The van der Waals surface area contributed by atoms with E-state index < -0.39 is 11.7 Å². The number of nitrogens with zero attached hydrogens (tertiary/aromatic N) is 2. The SMILES string of the molecule is O=C(NCc1ccccc1CN1CCCCC1)C1CC(=O)N(c2ccccc2F)C1. The Morgan fingerprint density at radius 1 is 1.00 bits per heavy atom. The van der Waals surface area contributed by atoms with Crippen LogP contribution in [-0.2, 0) is 22.7 Å². The Bertz CT molecular complexity index is 911. The molecule has 0 spiro atoms. The fraction of sp³-hybridized carbons (Fsp3) is 0.417. The first-order valence-corrected chi connectivity index (χ1v) is 10.7. The van der Waals surface area contributed by atoms with Gasteiger partial charge in [0, 0.05) is 26.1 Å². The minimum atomic E-state index is -0.466. The van der Waals surface area contributed by atoms with E-state index in [0.717, 1.165) is 25.2 Å². The van der Waals surface area contributed by atoms with Crippen molar-refractivity contribution in [2.75, 3.05) is 24.5 Å². The van der Waals surface area contributed by atoms with Crippen molar-refractivity contribution in [2.45, 2.75) is 38.8 Å². The molecule has 6 heteroatoms.